The Morgan fingerprint density at radius 3 is 2.64 bits per heavy atom. The van der Waals surface area contributed by atoms with Crippen LogP contribution in [0.3, 0.4) is 0 Å². The summed E-state index contributed by atoms with van der Waals surface area (Å²) in [6, 6.07) is 0. The second-order valence-electron chi connectivity index (χ2n) is 3.53. The second-order valence-corrected chi connectivity index (χ2v) is 4.09. The van der Waals surface area contributed by atoms with Gasteiger partial charge >= 0.3 is 0 Å². The van der Waals surface area contributed by atoms with Crippen molar-refractivity contribution in [2.45, 2.75) is 32.2 Å². The van der Waals surface area contributed by atoms with Crippen LogP contribution < -0.4 is 0 Å². The molecule has 1 N–H and O–H groups in total. The molecule has 4 nitrogen and oxygen atoms in total. The number of hydrogen-bond acceptors (Lipinski definition) is 2. The molecule has 0 unspecified atom stereocenters. The number of hydrogen-bond donors (Lipinski definition) is 1. The fourth-order valence-corrected chi connectivity index (χ4v) is 1.59. The van der Waals surface area contributed by atoms with E-state index in [4.69, 9.17) is 10.6 Å². The molecule has 0 saturated carbocycles. The quantitative estimate of drug-likeness (QED) is 0.258. The Labute approximate surface area is 92.8 Å². The maximum absolute atomic E-state index is 9.16. The third-order valence-electron chi connectivity index (χ3n) is 1.96. The average Bonchev–Trinajstić information content (AvgIpc) is 2.16. The van der Waals surface area contributed by atoms with Crippen molar-refractivity contribution in [2.24, 2.45) is 5.11 Å². The van der Waals surface area contributed by atoms with Gasteiger partial charge < -0.3 is 5.11 Å². The van der Waals surface area contributed by atoms with Crippen LogP contribution in [-0.4, -0.2) is 22.6 Å². The first-order chi connectivity index (χ1) is 6.60. The van der Waals surface area contributed by atoms with Gasteiger partial charge in [0.25, 0.3) is 0 Å². The van der Waals surface area contributed by atoms with Crippen LogP contribution in [0.15, 0.2) is 16.8 Å². The van der Waals surface area contributed by atoms with Gasteiger partial charge in [0.2, 0.25) is 0 Å². The van der Waals surface area contributed by atoms with Crippen molar-refractivity contribution in [3.63, 3.8) is 0 Å². The lowest BCUT2D eigenvalue weighted by Gasteiger charge is -2.22. The molecule has 0 saturated heterocycles. The summed E-state index contributed by atoms with van der Waals surface area (Å²) in [7, 11) is 0. The standard InChI is InChI=1S/C9H16BrN3O/c1-8(2)4-3-5-9(6-10,7-14)12-13-11/h4,14H,3,5-7H2,1-2H3/t9-/m1/s1. The summed E-state index contributed by atoms with van der Waals surface area (Å²) < 4.78 is 0. The molecule has 0 spiro atoms. The lowest BCUT2D eigenvalue weighted by atomic mass is 9.97. The van der Waals surface area contributed by atoms with Crippen molar-refractivity contribution in [3.8, 4) is 0 Å². The lowest BCUT2D eigenvalue weighted by Crippen LogP contribution is -2.32. The highest BCUT2D eigenvalue weighted by molar-refractivity contribution is 9.09. The van der Waals surface area contributed by atoms with Gasteiger partial charge in [0.1, 0.15) is 0 Å². The number of rotatable bonds is 6. The Hall–Kier alpha value is -0.510. The first kappa shape index (κ1) is 13.5. The van der Waals surface area contributed by atoms with Gasteiger partial charge in [-0.25, -0.2) is 0 Å². The SMILES string of the molecule is CC(C)=CCC[C@](CO)(CBr)N=[N+]=[N-]. The lowest BCUT2D eigenvalue weighted by molar-refractivity contribution is 0.205. The molecule has 14 heavy (non-hydrogen) atoms. The number of alkyl halides is 1. The molecular weight excluding hydrogens is 246 g/mol. The largest absolute Gasteiger partial charge is 0.396 e. The molecular formula is C9H16BrN3O. The van der Waals surface area contributed by atoms with Crippen LogP contribution >= 0.6 is 15.9 Å². The van der Waals surface area contributed by atoms with E-state index >= 15 is 0 Å². The highest BCUT2D eigenvalue weighted by Crippen LogP contribution is 2.21. The fourth-order valence-electron chi connectivity index (χ4n) is 1.02. The molecule has 0 aliphatic heterocycles. The molecule has 0 bridgehead atoms. The number of aliphatic hydroxyl groups is 1. The van der Waals surface area contributed by atoms with E-state index in [1.807, 2.05) is 13.8 Å². The van der Waals surface area contributed by atoms with Crippen LogP contribution in [0.4, 0.5) is 0 Å². The summed E-state index contributed by atoms with van der Waals surface area (Å²) in [5.74, 6) is 0. The zero-order chi connectivity index (χ0) is 11.0. The zero-order valence-electron chi connectivity index (χ0n) is 8.57. The van der Waals surface area contributed by atoms with E-state index < -0.39 is 5.54 Å². The minimum absolute atomic E-state index is 0.126. The average molecular weight is 262 g/mol. The fraction of sp³-hybridized carbons (Fsp3) is 0.778. The monoisotopic (exact) mass is 261 g/mol. The van der Waals surface area contributed by atoms with E-state index in [2.05, 4.69) is 32.0 Å². The summed E-state index contributed by atoms with van der Waals surface area (Å²) in [4.78, 5) is 2.76. The van der Waals surface area contributed by atoms with Gasteiger partial charge in [-0.15, -0.1) is 0 Å². The van der Waals surface area contributed by atoms with Crippen LogP contribution in [0.2, 0.25) is 0 Å². The second kappa shape index (κ2) is 6.87. The number of allylic oxidation sites excluding steroid dienone is 2. The van der Waals surface area contributed by atoms with Crippen molar-refractivity contribution in [1.29, 1.82) is 0 Å². The van der Waals surface area contributed by atoms with Gasteiger partial charge in [-0.3, -0.25) is 0 Å². The van der Waals surface area contributed by atoms with Crippen molar-refractivity contribution in [3.05, 3.63) is 22.1 Å². The third-order valence-corrected chi connectivity index (χ3v) is 3.01. The van der Waals surface area contributed by atoms with Crippen LogP contribution in [0, 0.1) is 0 Å². The van der Waals surface area contributed by atoms with E-state index in [9.17, 15) is 0 Å². The summed E-state index contributed by atoms with van der Waals surface area (Å²) in [6.07, 6.45) is 3.54. The van der Waals surface area contributed by atoms with Gasteiger partial charge in [0, 0.05) is 10.2 Å². The molecule has 0 aromatic rings. The Kier molecular flexibility index (Phi) is 6.62. The Balaban J connectivity index is 4.36. The third kappa shape index (κ3) is 4.65. The Bertz CT molecular complexity index is 238. The summed E-state index contributed by atoms with van der Waals surface area (Å²) in [5, 5.41) is 13.3. The first-order valence-electron chi connectivity index (χ1n) is 4.46. The minimum Gasteiger partial charge on any atom is -0.396 e. The number of halogens is 1. The molecule has 0 rings (SSSR count). The van der Waals surface area contributed by atoms with Gasteiger partial charge in [0.15, 0.2) is 0 Å². The first-order valence-corrected chi connectivity index (χ1v) is 5.59. The molecule has 0 aliphatic rings. The minimum atomic E-state index is -0.694. The normalized spacial score (nSPS) is 14.0. The maximum Gasteiger partial charge on any atom is 0.0817 e. The maximum atomic E-state index is 9.16. The highest BCUT2D eigenvalue weighted by atomic mass is 79.9. The van der Waals surface area contributed by atoms with E-state index in [0.29, 0.717) is 11.8 Å². The molecule has 0 aliphatic carbocycles. The van der Waals surface area contributed by atoms with Crippen molar-refractivity contribution in [1.82, 2.24) is 0 Å². The zero-order valence-corrected chi connectivity index (χ0v) is 10.2. The van der Waals surface area contributed by atoms with Crippen molar-refractivity contribution < 1.29 is 5.11 Å². The molecule has 5 heteroatoms. The van der Waals surface area contributed by atoms with Gasteiger partial charge in [-0.2, -0.15) is 0 Å². The highest BCUT2D eigenvalue weighted by Gasteiger charge is 2.25. The van der Waals surface area contributed by atoms with E-state index in [0.717, 1.165) is 6.42 Å². The predicted octanol–water partition coefficient (Wildman–Crippen LogP) is 3.17. The van der Waals surface area contributed by atoms with Crippen LogP contribution in [0.25, 0.3) is 10.4 Å². The molecule has 0 heterocycles. The van der Waals surface area contributed by atoms with Crippen molar-refractivity contribution in [2.75, 3.05) is 11.9 Å². The summed E-state index contributed by atoms with van der Waals surface area (Å²) in [6.45, 7) is 3.91. The van der Waals surface area contributed by atoms with Crippen LogP contribution in [-0.2, 0) is 0 Å². The van der Waals surface area contributed by atoms with Gasteiger partial charge in [0.05, 0.1) is 12.1 Å². The number of azide groups is 1. The van der Waals surface area contributed by atoms with Gasteiger partial charge in [-0.1, -0.05) is 32.7 Å². The Morgan fingerprint density at radius 2 is 2.29 bits per heavy atom. The summed E-state index contributed by atoms with van der Waals surface area (Å²) in [5.41, 5.74) is 8.92. The molecule has 1 atom stereocenters. The van der Waals surface area contributed by atoms with Crippen molar-refractivity contribution >= 4 is 15.9 Å². The molecule has 0 radical (unpaired) electrons. The van der Waals surface area contributed by atoms with Crippen LogP contribution in [0.1, 0.15) is 26.7 Å². The smallest absolute Gasteiger partial charge is 0.0817 e. The number of aliphatic hydroxyl groups excluding tert-OH is 1. The van der Waals surface area contributed by atoms with E-state index in [1.54, 1.807) is 0 Å². The van der Waals surface area contributed by atoms with E-state index in [1.165, 1.54) is 5.57 Å². The topological polar surface area (TPSA) is 69.0 Å². The molecule has 0 fully saturated rings. The molecule has 0 aromatic heterocycles. The van der Waals surface area contributed by atoms with Gasteiger partial charge in [-0.05, 0) is 32.2 Å². The number of nitrogens with zero attached hydrogens (tertiary/aromatic N) is 3. The Morgan fingerprint density at radius 1 is 1.64 bits per heavy atom. The molecule has 80 valence electrons. The van der Waals surface area contributed by atoms with Crippen LogP contribution in [0.5, 0.6) is 0 Å². The molecule has 0 amide bonds. The molecule has 0 aromatic carbocycles. The van der Waals surface area contributed by atoms with E-state index in [-0.39, 0.29) is 6.61 Å². The predicted molar refractivity (Wildman–Crippen MR) is 61.4 cm³/mol. The summed E-state index contributed by atoms with van der Waals surface area (Å²) >= 11 is 3.26.